The van der Waals surface area contributed by atoms with Crippen LogP contribution in [0.4, 0.5) is 5.82 Å². The van der Waals surface area contributed by atoms with Gasteiger partial charge in [0.25, 0.3) is 0 Å². The first kappa shape index (κ1) is 8.86. The van der Waals surface area contributed by atoms with Gasteiger partial charge in [0, 0.05) is 14.1 Å². The summed E-state index contributed by atoms with van der Waals surface area (Å²) in [6.45, 7) is 0.691. The van der Waals surface area contributed by atoms with Crippen LogP contribution in [0, 0.1) is 0 Å². The number of halogens is 1. The Bertz CT molecular complexity index is 372. The van der Waals surface area contributed by atoms with Crippen molar-refractivity contribution in [1.82, 2.24) is 9.97 Å². The van der Waals surface area contributed by atoms with Crippen molar-refractivity contribution in [1.29, 1.82) is 0 Å². The van der Waals surface area contributed by atoms with E-state index in [2.05, 4.69) is 37.6 Å². The minimum atomic E-state index is 0.691. The molecule has 0 radical (unpaired) electrons. The molecule has 13 heavy (non-hydrogen) atoms. The van der Waals surface area contributed by atoms with Gasteiger partial charge in [0.05, 0.1) is 17.8 Å². The molecular formula is C8H9IN4. The molecule has 68 valence electrons. The van der Waals surface area contributed by atoms with Crippen LogP contribution in [0.1, 0.15) is 11.3 Å². The van der Waals surface area contributed by atoms with Crippen molar-refractivity contribution in [2.24, 2.45) is 4.99 Å². The molecule has 0 saturated carbocycles. The van der Waals surface area contributed by atoms with Crippen LogP contribution in [0.3, 0.4) is 0 Å². The van der Waals surface area contributed by atoms with E-state index >= 15 is 0 Å². The summed E-state index contributed by atoms with van der Waals surface area (Å²) in [6.07, 6.45) is 1.60. The van der Waals surface area contributed by atoms with Crippen molar-refractivity contribution in [2.75, 3.05) is 19.0 Å². The molecule has 1 aliphatic heterocycles. The molecule has 1 aliphatic rings. The molecule has 5 heteroatoms. The Morgan fingerprint density at radius 1 is 1.38 bits per heavy atom. The summed E-state index contributed by atoms with van der Waals surface area (Å²) in [5, 5.41) is 0. The first-order valence-corrected chi connectivity index (χ1v) is 4.99. The van der Waals surface area contributed by atoms with Crippen molar-refractivity contribution in [3.05, 3.63) is 17.6 Å². The van der Waals surface area contributed by atoms with Crippen LogP contribution in [0.2, 0.25) is 0 Å². The Balaban J connectivity index is 2.60. The highest BCUT2D eigenvalue weighted by Gasteiger charge is 2.20. The fourth-order valence-corrected chi connectivity index (χ4v) is 2.03. The lowest BCUT2D eigenvalue weighted by Crippen LogP contribution is -2.15. The van der Waals surface area contributed by atoms with E-state index < -0.39 is 0 Å². The van der Waals surface area contributed by atoms with Crippen molar-refractivity contribution in [3.63, 3.8) is 0 Å². The van der Waals surface area contributed by atoms with Gasteiger partial charge in [-0.15, -0.1) is 0 Å². The molecule has 0 spiro atoms. The quantitative estimate of drug-likeness (QED) is 0.730. The number of aromatic nitrogens is 2. The molecule has 0 amide bonds. The molecule has 0 atom stereocenters. The number of hydrogen-bond acceptors (Lipinski definition) is 4. The summed E-state index contributed by atoms with van der Waals surface area (Å²) in [5.41, 5.74) is 2.12. The van der Waals surface area contributed by atoms with Crippen LogP contribution < -0.4 is 4.90 Å². The minimum Gasteiger partial charge on any atom is -0.362 e. The van der Waals surface area contributed by atoms with Crippen molar-refractivity contribution in [2.45, 2.75) is 6.54 Å². The molecule has 0 bridgehead atoms. The summed E-state index contributed by atoms with van der Waals surface area (Å²) in [4.78, 5) is 14.7. The van der Waals surface area contributed by atoms with Gasteiger partial charge in [-0.1, -0.05) is 0 Å². The maximum Gasteiger partial charge on any atom is 0.141 e. The topological polar surface area (TPSA) is 41.4 Å². The third-order valence-corrected chi connectivity index (χ3v) is 2.78. The number of hydrogen-bond donors (Lipinski definition) is 0. The van der Waals surface area contributed by atoms with Gasteiger partial charge < -0.3 is 4.90 Å². The van der Waals surface area contributed by atoms with E-state index in [1.807, 2.05) is 19.0 Å². The standard InChI is InChI=1S/C8H9IN4/c1-13(2)8-6-5(11-4-12-8)3-10-7(6)9/h4H,3H2,1-2H3. The van der Waals surface area contributed by atoms with Gasteiger partial charge in [0.1, 0.15) is 15.9 Å². The van der Waals surface area contributed by atoms with Crippen molar-refractivity contribution >= 4 is 32.1 Å². The molecule has 2 heterocycles. The third kappa shape index (κ3) is 1.41. The SMILES string of the molecule is CN(C)c1ncnc2c1C(I)=NC2. The van der Waals surface area contributed by atoms with Gasteiger partial charge in [0.15, 0.2) is 0 Å². The van der Waals surface area contributed by atoms with Crippen LogP contribution in [-0.2, 0) is 6.54 Å². The van der Waals surface area contributed by atoms with E-state index in [1.165, 1.54) is 0 Å². The predicted molar refractivity (Wildman–Crippen MR) is 60.6 cm³/mol. The molecule has 0 aliphatic carbocycles. The van der Waals surface area contributed by atoms with Crippen molar-refractivity contribution in [3.8, 4) is 0 Å². The third-order valence-electron chi connectivity index (χ3n) is 1.90. The lowest BCUT2D eigenvalue weighted by atomic mass is 10.2. The Labute approximate surface area is 90.2 Å². The van der Waals surface area contributed by atoms with E-state index in [9.17, 15) is 0 Å². The second-order valence-electron chi connectivity index (χ2n) is 3.02. The highest BCUT2D eigenvalue weighted by Crippen LogP contribution is 2.26. The molecule has 0 saturated heterocycles. The fraction of sp³-hybridized carbons (Fsp3) is 0.375. The van der Waals surface area contributed by atoms with E-state index in [0.717, 1.165) is 20.8 Å². The van der Waals surface area contributed by atoms with E-state index in [0.29, 0.717) is 6.54 Å². The molecule has 1 aromatic rings. The van der Waals surface area contributed by atoms with Gasteiger partial charge in [-0.05, 0) is 22.6 Å². The highest BCUT2D eigenvalue weighted by molar-refractivity contribution is 14.1. The van der Waals surface area contributed by atoms with E-state index in [-0.39, 0.29) is 0 Å². The normalized spacial score (nSPS) is 13.9. The van der Waals surface area contributed by atoms with Crippen LogP contribution in [0.25, 0.3) is 0 Å². The van der Waals surface area contributed by atoms with Gasteiger partial charge in [-0.25, -0.2) is 9.97 Å². The average Bonchev–Trinajstić information content (AvgIpc) is 2.48. The van der Waals surface area contributed by atoms with E-state index in [1.54, 1.807) is 6.33 Å². The largest absolute Gasteiger partial charge is 0.362 e. The van der Waals surface area contributed by atoms with E-state index in [4.69, 9.17) is 0 Å². The first-order valence-electron chi connectivity index (χ1n) is 3.91. The zero-order chi connectivity index (χ0) is 9.42. The molecule has 0 fully saturated rings. The average molecular weight is 288 g/mol. The Morgan fingerprint density at radius 2 is 2.15 bits per heavy atom. The number of nitrogens with zero attached hydrogens (tertiary/aromatic N) is 4. The monoisotopic (exact) mass is 288 g/mol. The highest BCUT2D eigenvalue weighted by atomic mass is 127. The lowest BCUT2D eigenvalue weighted by molar-refractivity contribution is 0.966. The summed E-state index contributed by atoms with van der Waals surface area (Å²) < 4.78 is 1.01. The van der Waals surface area contributed by atoms with Gasteiger partial charge in [0.2, 0.25) is 0 Å². The molecule has 1 aromatic heterocycles. The minimum absolute atomic E-state index is 0.691. The molecule has 4 nitrogen and oxygen atoms in total. The number of anilines is 1. The summed E-state index contributed by atoms with van der Waals surface area (Å²) in [5.74, 6) is 0.954. The number of aliphatic imine (C=N–C) groups is 1. The maximum absolute atomic E-state index is 4.32. The van der Waals surface area contributed by atoms with Gasteiger partial charge in [-0.3, -0.25) is 4.99 Å². The Kier molecular flexibility index (Phi) is 2.19. The molecule has 0 unspecified atom stereocenters. The van der Waals surface area contributed by atoms with Gasteiger partial charge in [-0.2, -0.15) is 0 Å². The van der Waals surface area contributed by atoms with Crippen LogP contribution in [0.5, 0.6) is 0 Å². The van der Waals surface area contributed by atoms with Crippen LogP contribution in [0.15, 0.2) is 11.3 Å². The second-order valence-corrected chi connectivity index (χ2v) is 4.04. The fourth-order valence-electron chi connectivity index (χ4n) is 1.31. The maximum atomic E-state index is 4.32. The smallest absolute Gasteiger partial charge is 0.141 e. The zero-order valence-electron chi connectivity index (χ0n) is 7.45. The molecular weight excluding hydrogens is 279 g/mol. The van der Waals surface area contributed by atoms with Crippen molar-refractivity contribution < 1.29 is 0 Å². The van der Waals surface area contributed by atoms with Gasteiger partial charge >= 0.3 is 0 Å². The lowest BCUT2D eigenvalue weighted by Gasteiger charge is -2.13. The molecule has 0 aromatic carbocycles. The summed E-state index contributed by atoms with van der Waals surface area (Å²) >= 11 is 2.23. The number of rotatable bonds is 1. The molecule has 2 rings (SSSR count). The summed E-state index contributed by atoms with van der Waals surface area (Å²) in [7, 11) is 3.95. The Morgan fingerprint density at radius 3 is 2.85 bits per heavy atom. The second kappa shape index (κ2) is 3.21. The predicted octanol–water partition coefficient (Wildman–Crippen LogP) is 1.24. The first-order chi connectivity index (χ1) is 6.20. The number of fused-ring (bicyclic) bond motifs is 1. The van der Waals surface area contributed by atoms with Crippen LogP contribution in [-0.4, -0.2) is 27.8 Å². The zero-order valence-corrected chi connectivity index (χ0v) is 9.61. The Hall–Kier alpha value is -0.720. The summed E-state index contributed by atoms with van der Waals surface area (Å²) in [6, 6.07) is 0. The van der Waals surface area contributed by atoms with Crippen LogP contribution >= 0.6 is 22.6 Å². The molecule has 0 N–H and O–H groups in total.